The molecule has 1 fully saturated rings. The largest absolute Gasteiger partial charge is 0.478 e. The Labute approximate surface area is 200 Å². The van der Waals surface area contributed by atoms with Crippen LogP contribution in [0.15, 0.2) is 47.4 Å². The lowest BCUT2D eigenvalue weighted by Gasteiger charge is -2.45. The van der Waals surface area contributed by atoms with Gasteiger partial charge in [0, 0.05) is 36.2 Å². The van der Waals surface area contributed by atoms with Gasteiger partial charge in [0.2, 0.25) is 5.91 Å². The van der Waals surface area contributed by atoms with E-state index in [9.17, 15) is 24.3 Å². The van der Waals surface area contributed by atoms with Crippen LogP contribution in [0.3, 0.4) is 0 Å². The van der Waals surface area contributed by atoms with Crippen molar-refractivity contribution in [1.82, 2.24) is 19.8 Å². The number of carboxylic acids is 1. The highest BCUT2D eigenvalue weighted by Gasteiger charge is 2.37. The van der Waals surface area contributed by atoms with E-state index in [1.165, 1.54) is 12.1 Å². The predicted octanol–water partition coefficient (Wildman–Crippen LogP) is 2.55. The summed E-state index contributed by atoms with van der Waals surface area (Å²) >= 11 is 5.88. The summed E-state index contributed by atoms with van der Waals surface area (Å²) in [6.07, 6.45) is 1.12. The Kier molecular flexibility index (Phi) is 6.14. The lowest BCUT2D eigenvalue weighted by Crippen LogP contribution is -2.56. The molecule has 3 aromatic rings. The second-order valence-corrected chi connectivity index (χ2v) is 9.55. The molecule has 4 rings (SSSR count). The molecule has 9 nitrogen and oxygen atoms in total. The minimum Gasteiger partial charge on any atom is -0.478 e. The number of nitrogens with one attached hydrogen (secondary N) is 1. The molecule has 2 amide bonds. The zero-order valence-corrected chi connectivity index (χ0v) is 19.4. The lowest BCUT2D eigenvalue weighted by molar-refractivity contribution is -0.142. The van der Waals surface area contributed by atoms with Crippen LogP contribution < -0.4 is 10.9 Å². The number of aromatic carboxylic acids is 1. The Morgan fingerprint density at radius 2 is 1.82 bits per heavy atom. The van der Waals surface area contributed by atoms with E-state index in [1.807, 2.05) is 13.8 Å². The first kappa shape index (κ1) is 23.4. The molecule has 1 aliphatic rings. The third kappa shape index (κ3) is 4.79. The summed E-state index contributed by atoms with van der Waals surface area (Å²) in [4.78, 5) is 56.1. The molecule has 2 aromatic heterocycles. The smallest absolute Gasteiger partial charge is 0.337 e. The number of rotatable bonds is 6. The van der Waals surface area contributed by atoms with Crippen molar-refractivity contribution < 1.29 is 19.5 Å². The fraction of sp³-hybridized carbons (Fsp3) is 0.292. The second-order valence-electron chi connectivity index (χ2n) is 9.11. The Bertz CT molecular complexity index is 1360. The SMILES string of the molecule is CC1(C)CN(C(=O)Cn2c(=O)c(C(=O)NCc3ccc(Cl)cc3)cc3cc(C(=O)O)cnc32)C1. The number of hydrogen-bond acceptors (Lipinski definition) is 5. The summed E-state index contributed by atoms with van der Waals surface area (Å²) in [5.41, 5.74) is -0.0455. The first-order chi connectivity index (χ1) is 16.0. The Balaban J connectivity index is 1.69. The number of carbonyl (C=O) groups excluding carboxylic acids is 2. The minimum atomic E-state index is -1.19. The molecule has 10 heteroatoms. The number of carbonyl (C=O) groups is 3. The van der Waals surface area contributed by atoms with Crippen LogP contribution in [0.25, 0.3) is 11.0 Å². The van der Waals surface area contributed by atoms with Crippen LogP contribution in [-0.4, -0.2) is 50.4 Å². The average Bonchev–Trinajstić information content (AvgIpc) is 2.77. The first-order valence-electron chi connectivity index (χ1n) is 10.6. The van der Waals surface area contributed by atoms with Crippen molar-refractivity contribution >= 4 is 40.4 Å². The van der Waals surface area contributed by atoms with Crippen LogP contribution in [0, 0.1) is 5.41 Å². The summed E-state index contributed by atoms with van der Waals surface area (Å²) in [6.45, 7) is 5.07. The number of benzene rings is 1. The number of fused-ring (bicyclic) bond motifs is 1. The second kappa shape index (κ2) is 8.90. The standard InChI is InChI=1S/C24H23ClN4O5/c1-24(2)12-28(13-24)19(30)11-29-20-15(7-16(10-26-20)23(33)34)8-18(22(29)32)21(31)27-9-14-3-5-17(25)6-4-14/h3-8,10H,9,11-13H2,1-2H3,(H,27,31)(H,33,34). The zero-order chi connectivity index (χ0) is 24.6. The van der Waals surface area contributed by atoms with Gasteiger partial charge in [-0.15, -0.1) is 0 Å². The fourth-order valence-electron chi connectivity index (χ4n) is 3.97. The average molecular weight is 483 g/mol. The normalized spacial score (nSPS) is 14.5. The van der Waals surface area contributed by atoms with Gasteiger partial charge in [-0.05, 0) is 35.2 Å². The van der Waals surface area contributed by atoms with E-state index in [1.54, 1.807) is 29.2 Å². The summed E-state index contributed by atoms with van der Waals surface area (Å²) < 4.78 is 1.13. The molecular weight excluding hydrogens is 460 g/mol. The van der Waals surface area contributed by atoms with Gasteiger partial charge in [-0.2, -0.15) is 0 Å². The van der Waals surface area contributed by atoms with E-state index in [0.29, 0.717) is 18.1 Å². The molecule has 0 aliphatic carbocycles. The predicted molar refractivity (Wildman–Crippen MR) is 126 cm³/mol. The maximum Gasteiger partial charge on any atom is 0.337 e. The molecule has 34 heavy (non-hydrogen) atoms. The molecule has 3 heterocycles. The van der Waals surface area contributed by atoms with Gasteiger partial charge >= 0.3 is 5.97 Å². The molecule has 0 unspecified atom stereocenters. The van der Waals surface area contributed by atoms with Crippen molar-refractivity contribution in [3.63, 3.8) is 0 Å². The number of halogens is 1. The van der Waals surface area contributed by atoms with Crippen molar-refractivity contribution in [2.45, 2.75) is 26.9 Å². The lowest BCUT2D eigenvalue weighted by atomic mass is 9.84. The van der Waals surface area contributed by atoms with Crippen molar-refractivity contribution in [2.24, 2.45) is 5.41 Å². The van der Waals surface area contributed by atoms with Gasteiger partial charge < -0.3 is 15.3 Å². The minimum absolute atomic E-state index is 0.0146. The maximum atomic E-state index is 13.2. The number of aromatic nitrogens is 2. The Hall–Kier alpha value is -3.72. The quantitative estimate of drug-likeness (QED) is 0.557. The van der Waals surface area contributed by atoms with Crippen molar-refractivity contribution in [1.29, 1.82) is 0 Å². The van der Waals surface area contributed by atoms with Gasteiger partial charge in [0.15, 0.2) is 0 Å². The van der Waals surface area contributed by atoms with Crippen molar-refractivity contribution in [3.05, 3.63) is 74.7 Å². The van der Waals surface area contributed by atoms with Crippen molar-refractivity contribution in [2.75, 3.05) is 13.1 Å². The van der Waals surface area contributed by atoms with Crippen molar-refractivity contribution in [3.8, 4) is 0 Å². The van der Waals surface area contributed by atoms with Gasteiger partial charge in [0.25, 0.3) is 11.5 Å². The monoisotopic (exact) mass is 482 g/mol. The van der Waals surface area contributed by atoms with Crippen LogP contribution in [0.5, 0.6) is 0 Å². The molecule has 1 aliphatic heterocycles. The van der Waals surface area contributed by atoms with Crippen LogP contribution in [0.2, 0.25) is 5.02 Å². The third-order valence-electron chi connectivity index (χ3n) is 5.67. The number of pyridine rings is 2. The zero-order valence-electron chi connectivity index (χ0n) is 18.7. The Morgan fingerprint density at radius 1 is 1.15 bits per heavy atom. The van der Waals surface area contributed by atoms with Crippen LogP contribution in [0.4, 0.5) is 0 Å². The Morgan fingerprint density at radius 3 is 2.44 bits per heavy atom. The molecule has 1 saturated heterocycles. The van der Waals surface area contributed by atoms with Gasteiger partial charge in [-0.1, -0.05) is 37.6 Å². The van der Waals surface area contributed by atoms with Gasteiger partial charge in [-0.25, -0.2) is 9.78 Å². The number of amides is 2. The molecule has 2 N–H and O–H groups in total. The topological polar surface area (TPSA) is 122 Å². The van der Waals surface area contributed by atoms with Gasteiger partial charge in [0.1, 0.15) is 17.8 Å². The molecule has 0 bridgehead atoms. The van der Waals surface area contributed by atoms with E-state index < -0.39 is 17.4 Å². The van der Waals surface area contributed by atoms with E-state index in [-0.39, 0.29) is 46.6 Å². The summed E-state index contributed by atoms with van der Waals surface area (Å²) in [5, 5.41) is 12.8. The van der Waals surface area contributed by atoms with Gasteiger partial charge in [-0.3, -0.25) is 19.0 Å². The van der Waals surface area contributed by atoms with E-state index >= 15 is 0 Å². The van der Waals surface area contributed by atoms with Crippen LogP contribution >= 0.6 is 11.6 Å². The molecule has 0 spiro atoms. The van der Waals surface area contributed by atoms with Gasteiger partial charge in [0.05, 0.1) is 5.56 Å². The van der Waals surface area contributed by atoms with E-state index in [4.69, 9.17) is 11.6 Å². The molecular formula is C24H23ClN4O5. The number of carboxylic acid groups (broad SMARTS) is 1. The highest BCUT2D eigenvalue weighted by Crippen LogP contribution is 2.28. The highest BCUT2D eigenvalue weighted by molar-refractivity contribution is 6.30. The number of nitrogens with zero attached hydrogens (tertiary/aromatic N) is 3. The summed E-state index contributed by atoms with van der Waals surface area (Å²) in [6, 6.07) is 9.51. The maximum absolute atomic E-state index is 13.2. The highest BCUT2D eigenvalue weighted by atomic mass is 35.5. The molecule has 0 radical (unpaired) electrons. The summed E-state index contributed by atoms with van der Waals surface area (Å²) in [7, 11) is 0. The molecule has 0 saturated carbocycles. The van der Waals surface area contributed by atoms with Crippen LogP contribution in [0.1, 0.15) is 40.1 Å². The number of hydrogen-bond donors (Lipinski definition) is 2. The molecule has 1 aromatic carbocycles. The summed E-state index contributed by atoms with van der Waals surface area (Å²) in [5.74, 6) is -2.11. The van der Waals surface area contributed by atoms with E-state index in [0.717, 1.165) is 16.3 Å². The fourth-order valence-corrected chi connectivity index (χ4v) is 4.10. The molecule has 176 valence electrons. The first-order valence-corrected chi connectivity index (χ1v) is 11.0. The van der Waals surface area contributed by atoms with E-state index in [2.05, 4.69) is 10.3 Å². The third-order valence-corrected chi connectivity index (χ3v) is 5.92. The number of likely N-dealkylation sites (tertiary alicyclic amines) is 1. The molecule has 0 atom stereocenters. The van der Waals surface area contributed by atoms with Crippen LogP contribution in [-0.2, 0) is 17.9 Å².